The molecule has 1 aliphatic rings. The number of fused-ring (bicyclic) bond motifs is 1. The van der Waals surface area contributed by atoms with Gasteiger partial charge in [-0.15, -0.1) is 0 Å². The largest absolute Gasteiger partial charge is 0.491 e. The molecule has 1 aromatic rings. The van der Waals surface area contributed by atoms with Crippen molar-refractivity contribution in [2.24, 2.45) is 5.92 Å². The summed E-state index contributed by atoms with van der Waals surface area (Å²) in [6.07, 6.45) is 2.25. The molecule has 0 fully saturated rings. The van der Waals surface area contributed by atoms with Gasteiger partial charge in [-0.05, 0) is 56.0 Å². The first-order chi connectivity index (χ1) is 8.94. The van der Waals surface area contributed by atoms with Crippen molar-refractivity contribution in [1.29, 1.82) is 0 Å². The first-order valence-electron chi connectivity index (χ1n) is 7.09. The third-order valence-electron chi connectivity index (χ3n) is 4.32. The van der Waals surface area contributed by atoms with E-state index in [9.17, 15) is 5.11 Å². The third-order valence-corrected chi connectivity index (χ3v) is 4.32. The van der Waals surface area contributed by atoms with Gasteiger partial charge in [0.1, 0.15) is 12.4 Å². The average Bonchev–Trinajstić information content (AvgIpc) is 2.78. The lowest BCUT2D eigenvalue weighted by Crippen LogP contribution is -2.37. The quantitative estimate of drug-likeness (QED) is 0.858. The summed E-state index contributed by atoms with van der Waals surface area (Å²) in [6, 6.07) is 6.74. The highest BCUT2D eigenvalue weighted by atomic mass is 16.5. The molecule has 3 nitrogen and oxygen atoms in total. The maximum absolute atomic E-state index is 10.2. The molecule has 0 heterocycles. The van der Waals surface area contributed by atoms with Gasteiger partial charge in [0.15, 0.2) is 0 Å². The SMILES string of the molecule is CNC1CCc2cc(OCC(C)(O)C(C)C)ccc21. The molecule has 0 spiro atoms. The number of benzene rings is 1. The smallest absolute Gasteiger partial charge is 0.119 e. The van der Waals surface area contributed by atoms with E-state index in [0.29, 0.717) is 12.6 Å². The first kappa shape index (κ1) is 14.4. The molecule has 1 aromatic carbocycles. The van der Waals surface area contributed by atoms with Gasteiger partial charge in [0.05, 0.1) is 5.60 Å². The molecule has 0 saturated carbocycles. The monoisotopic (exact) mass is 263 g/mol. The van der Waals surface area contributed by atoms with Crippen molar-refractivity contribution >= 4 is 0 Å². The number of nitrogens with one attached hydrogen (secondary N) is 1. The zero-order valence-corrected chi connectivity index (χ0v) is 12.4. The summed E-state index contributed by atoms with van der Waals surface area (Å²) in [7, 11) is 2.00. The van der Waals surface area contributed by atoms with Gasteiger partial charge in [-0.1, -0.05) is 19.9 Å². The summed E-state index contributed by atoms with van der Waals surface area (Å²) < 4.78 is 5.76. The summed E-state index contributed by atoms with van der Waals surface area (Å²) in [4.78, 5) is 0. The van der Waals surface area contributed by atoms with Gasteiger partial charge in [-0.2, -0.15) is 0 Å². The number of aliphatic hydroxyl groups is 1. The van der Waals surface area contributed by atoms with Gasteiger partial charge in [-0.25, -0.2) is 0 Å². The van der Waals surface area contributed by atoms with E-state index < -0.39 is 5.60 Å². The lowest BCUT2D eigenvalue weighted by Gasteiger charge is -2.27. The van der Waals surface area contributed by atoms with Crippen LogP contribution in [0, 0.1) is 5.92 Å². The molecule has 3 heteroatoms. The summed E-state index contributed by atoms with van der Waals surface area (Å²) in [6.45, 7) is 6.16. The Morgan fingerprint density at radius 3 is 2.84 bits per heavy atom. The Labute approximate surface area is 116 Å². The van der Waals surface area contributed by atoms with Crippen molar-refractivity contribution in [3.63, 3.8) is 0 Å². The summed E-state index contributed by atoms with van der Waals surface area (Å²) in [5, 5.41) is 13.5. The highest BCUT2D eigenvalue weighted by Crippen LogP contribution is 2.33. The fourth-order valence-electron chi connectivity index (χ4n) is 2.38. The Morgan fingerprint density at radius 2 is 2.21 bits per heavy atom. The van der Waals surface area contributed by atoms with Crippen LogP contribution in [0.5, 0.6) is 5.75 Å². The van der Waals surface area contributed by atoms with Crippen LogP contribution >= 0.6 is 0 Å². The van der Waals surface area contributed by atoms with Crippen LogP contribution in [0.3, 0.4) is 0 Å². The van der Waals surface area contributed by atoms with Crippen LogP contribution in [0.4, 0.5) is 0 Å². The fourth-order valence-corrected chi connectivity index (χ4v) is 2.38. The fraction of sp³-hybridized carbons (Fsp3) is 0.625. The predicted octanol–water partition coefficient (Wildman–Crippen LogP) is 2.68. The topological polar surface area (TPSA) is 41.5 Å². The zero-order chi connectivity index (χ0) is 14.0. The van der Waals surface area contributed by atoms with Crippen LogP contribution in [0.15, 0.2) is 18.2 Å². The minimum absolute atomic E-state index is 0.176. The highest BCUT2D eigenvalue weighted by molar-refractivity contribution is 5.40. The van der Waals surface area contributed by atoms with Crippen LogP contribution in [0.2, 0.25) is 0 Å². The van der Waals surface area contributed by atoms with Crippen LogP contribution < -0.4 is 10.1 Å². The van der Waals surface area contributed by atoms with Gasteiger partial charge in [-0.3, -0.25) is 0 Å². The van der Waals surface area contributed by atoms with Gasteiger partial charge in [0.2, 0.25) is 0 Å². The van der Waals surface area contributed by atoms with E-state index in [1.54, 1.807) is 0 Å². The Bertz CT molecular complexity index is 440. The van der Waals surface area contributed by atoms with Crippen molar-refractivity contribution in [2.45, 2.75) is 45.3 Å². The van der Waals surface area contributed by atoms with Crippen molar-refractivity contribution in [2.75, 3.05) is 13.7 Å². The van der Waals surface area contributed by atoms with Crippen molar-refractivity contribution in [3.05, 3.63) is 29.3 Å². The number of ether oxygens (including phenoxy) is 1. The molecule has 2 rings (SSSR count). The molecule has 2 N–H and O–H groups in total. The molecule has 0 amide bonds. The molecular formula is C16H25NO2. The third kappa shape index (κ3) is 3.10. The standard InChI is InChI=1S/C16H25NO2/c1-11(2)16(3,18)10-19-13-6-7-14-12(9-13)5-8-15(14)17-4/h6-7,9,11,15,17-18H,5,8,10H2,1-4H3. The van der Waals surface area contributed by atoms with E-state index in [2.05, 4.69) is 17.4 Å². The van der Waals surface area contributed by atoms with E-state index in [1.807, 2.05) is 33.9 Å². The molecular weight excluding hydrogens is 238 g/mol. The normalized spacial score (nSPS) is 21.3. The number of hydrogen-bond donors (Lipinski definition) is 2. The zero-order valence-electron chi connectivity index (χ0n) is 12.4. The molecule has 2 atom stereocenters. The molecule has 0 aliphatic heterocycles. The Hall–Kier alpha value is -1.06. The lowest BCUT2D eigenvalue weighted by atomic mass is 9.94. The molecule has 0 bridgehead atoms. The summed E-state index contributed by atoms with van der Waals surface area (Å²) in [5.74, 6) is 1.03. The number of hydrogen-bond acceptors (Lipinski definition) is 3. The molecule has 19 heavy (non-hydrogen) atoms. The van der Waals surface area contributed by atoms with Crippen LogP contribution in [-0.4, -0.2) is 24.4 Å². The summed E-state index contributed by atoms with van der Waals surface area (Å²) >= 11 is 0. The molecule has 106 valence electrons. The minimum Gasteiger partial charge on any atom is -0.491 e. The van der Waals surface area contributed by atoms with Gasteiger partial charge in [0, 0.05) is 6.04 Å². The lowest BCUT2D eigenvalue weighted by molar-refractivity contribution is -0.0266. The predicted molar refractivity (Wildman–Crippen MR) is 77.5 cm³/mol. The van der Waals surface area contributed by atoms with Crippen molar-refractivity contribution in [3.8, 4) is 5.75 Å². The van der Waals surface area contributed by atoms with E-state index in [1.165, 1.54) is 11.1 Å². The second kappa shape index (κ2) is 5.51. The van der Waals surface area contributed by atoms with Crippen molar-refractivity contribution < 1.29 is 9.84 Å². The summed E-state index contributed by atoms with van der Waals surface area (Å²) in [5.41, 5.74) is 1.96. The van der Waals surface area contributed by atoms with Crippen LogP contribution in [0.25, 0.3) is 0 Å². The molecule has 0 aromatic heterocycles. The molecule has 2 unspecified atom stereocenters. The average molecular weight is 263 g/mol. The Morgan fingerprint density at radius 1 is 1.47 bits per heavy atom. The van der Waals surface area contributed by atoms with E-state index >= 15 is 0 Å². The number of rotatable bonds is 5. The minimum atomic E-state index is -0.785. The van der Waals surface area contributed by atoms with Gasteiger partial charge >= 0.3 is 0 Å². The van der Waals surface area contributed by atoms with Crippen molar-refractivity contribution in [1.82, 2.24) is 5.32 Å². The van der Waals surface area contributed by atoms with Crippen LogP contribution in [0.1, 0.15) is 44.4 Å². The van der Waals surface area contributed by atoms with E-state index in [0.717, 1.165) is 18.6 Å². The molecule has 0 saturated heterocycles. The van der Waals surface area contributed by atoms with E-state index in [4.69, 9.17) is 4.74 Å². The molecule has 1 aliphatic carbocycles. The van der Waals surface area contributed by atoms with Gasteiger partial charge < -0.3 is 15.2 Å². The molecule has 0 radical (unpaired) electrons. The first-order valence-corrected chi connectivity index (χ1v) is 7.09. The second-order valence-electron chi connectivity index (χ2n) is 6.04. The Kier molecular flexibility index (Phi) is 4.16. The Balaban J connectivity index is 2.04. The van der Waals surface area contributed by atoms with E-state index in [-0.39, 0.29) is 5.92 Å². The van der Waals surface area contributed by atoms with Gasteiger partial charge in [0.25, 0.3) is 0 Å². The maximum Gasteiger partial charge on any atom is 0.119 e. The van der Waals surface area contributed by atoms with Crippen LogP contribution in [-0.2, 0) is 6.42 Å². The second-order valence-corrected chi connectivity index (χ2v) is 6.04. The maximum atomic E-state index is 10.2. The number of aryl methyl sites for hydroxylation is 1. The highest BCUT2D eigenvalue weighted by Gasteiger charge is 2.26.